The zero-order valence-corrected chi connectivity index (χ0v) is 16.6. The van der Waals surface area contributed by atoms with E-state index >= 15 is 0 Å². The summed E-state index contributed by atoms with van der Waals surface area (Å²) in [4.78, 5) is 12.7. The molecule has 0 radical (unpaired) electrons. The van der Waals surface area contributed by atoms with Crippen molar-refractivity contribution in [2.75, 3.05) is 25.6 Å². The van der Waals surface area contributed by atoms with E-state index in [4.69, 9.17) is 25.8 Å². The number of carbonyl (C=O) groups excluding carboxylic acids is 1. The summed E-state index contributed by atoms with van der Waals surface area (Å²) in [6, 6.07) is 5.19. The Balaban J connectivity index is 2.81. The molecule has 0 saturated carbocycles. The summed E-state index contributed by atoms with van der Waals surface area (Å²) >= 11 is 6.27. The van der Waals surface area contributed by atoms with E-state index in [1.165, 1.54) is 0 Å². The molecular weight excluding hydrogens is 342 g/mol. The first kappa shape index (κ1) is 21.7. The second kappa shape index (κ2) is 10.6. The van der Waals surface area contributed by atoms with Crippen LogP contribution in [0, 0.1) is 0 Å². The highest BCUT2D eigenvalue weighted by atomic mass is 35.5. The fraction of sp³-hybridized carbons (Fsp3) is 0.632. The number of hydrogen-bond acceptors (Lipinski definition) is 4. The van der Waals surface area contributed by atoms with Crippen LogP contribution < -0.4 is 10.1 Å². The Morgan fingerprint density at radius 1 is 1.36 bits per heavy atom. The molecule has 0 heterocycles. The first-order chi connectivity index (χ1) is 11.9. The Morgan fingerprint density at radius 2 is 2.08 bits per heavy atom. The third kappa shape index (κ3) is 6.84. The topological polar surface area (TPSA) is 56.8 Å². The van der Waals surface area contributed by atoms with Crippen molar-refractivity contribution in [1.82, 2.24) is 0 Å². The number of rotatable bonds is 11. The minimum absolute atomic E-state index is 0.113. The van der Waals surface area contributed by atoms with Crippen molar-refractivity contribution in [2.24, 2.45) is 0 Å². The lowest BCUT2D eigenvalue weighted by Gasteiger charge is -2.28. The minimum atomic E-state index is -0.848. The first-order valence-corrected chi connectivity index (χ1v) is 9.14. The van der Waals surface area contributed by atoms with Crippen LogP contribution in [-0.2, 0) is 14.3 Å². The molecule has 0 saturated heterocycles. The molecule has 1 aromatic carbocycles. The van der Waals surface area contributed by atoms with Gasteiger partial charge >= 0.3 is 0 Å². The average Bonchev–Trinajstić information content (AvgIpc) is 2.56. The SMILES string of the molecule is CCCC[C@@](C)(OCC)C(=O)Nc1ccc(O[C@H](C)COC)c(Cl)c1. The molecular formula is C19H30ClNO4. The molecule has 0 aromatic heterocycles. The lowest BCUT2D eigenvalue weighted by atomic mass is 9.97. The Hall–Kier alpha value is -1.30. The summed E-state index contributed by atoms with van der Waals surface area (Å²) < 4.78 is 16.5. The Labute approximate surface area is 156 Å². The third-order valence-corrected chi connectivity index (χ3v) is 4.17. The number of ether oxygens (including phenoxy) is 3. The average molecular weight is 372 g/mol. The van der Waals surface area contributed by atoms with Gasteiger partial charge in [0.2, 0.25) is 0 Å². The zero-order chi connectivity index (χ0) is 18.9. The van der Waals surface area contributed by atoms with Crippen molar-refractivity contribution in [3.63, 3.8) is 0 Å². The maximum atomic E-state index is 12.7. The number of halogens is 1. The lowest BCUT2D eigenvalue weighted by Crippen LogP contribution is -2.42. The van der Waals surface area contributed by atoms with E-state index in [-0.39, 0.29) is 12.0 Å². The maximum absolute atomic E-state index is 12.7. The molecule has 142 valence electrons. The van der Waals surface area contributed by atoms with Crippen LogP contribution in [0.3, 0.4) is 0 Å². The van der Waals surface area contributed by atoms with E-state index in [9.17, 15) is 4.79 Å². The van der Waals surface area contributed by atoms with Gasteiger partial charge in [-0.25, -0.2) is 0 Å². The van der Waals surface area contributed by atoms with Gasteiger partial charge in [0.1, 0.15) is 17.5 Å². The van der Waals surface area contributed by atoms with Crippen molar-refractivity contribution in [2.45, 2.75) is 58.7 Å². The van der Waals surface area contributed by atoms with Crippen molar-refractivity contribution >= 4 is 23.2 Å². The highest BCUT2D eigenvalue weighted by molar-refractivity contribution is 6.32. The Kier molecular flexibility index (Phi) is 9.25. The monoisotopic (exact) mass is 371 g/mol. The fourth-order valence-electron chi connectivity index (χ4n) is 2.51. The molecule has 0 aliphatic rings. The van der Waals surface area contributed by atoms with Crippen molar-refractivity contribution in [3.8, 4) is 5.75 Å². The van der Waals surface area contributed by atoms with Gasteiger partial charge in [-0.1, -0.05) is 31.4 Å². The van der Waals surface area contributed by atoms with Gasteiger partial charge in [0, 0.05) is 19.4 Å². The minimum Gasteiger partial charge on any atom is -0.487 e. The predicted molar refractivity (Wildman–Crippen MR) is 102 cm³/mol. The molecule has 0 aliphatic carbocycles. The normalized spacial score (nSPS) is 14.6. The van der Waals surface area contributed by atoms with Gasteiger partial charge < -0.3 is 19.5 Å². The highest BCUT2D eigenvalue weighted by Crippen LogP contribution is 2.29. The summed E-state index contributed by atoms with van der Waals surface area (Å²) in [7, 11) is 1.62. The molecule has 25 heavy (non-hydrogen) atoms. The van der Waals surface area contributed by atoms with E-state index in [0.717, 1.165) is 12.8 Å². The van der Waals surface area contributed by atoms with Crippen LogP contribution in [0.5, 0.6) is 5.75 Å². The largest absolute Gasteiger partial charge is 0.487 e. The second-order valence-corrected chi connectivity index (χ2v) is 6.66. The third-order valence-electron chi connectivity index (χ3n) is 3.87. The summed E-state index contributed by atoms with van der Waals surface area (Å²) in [5.74, 6) is 0.392. The van der Waals surface area contributed by atoms with Gasteiger partial charge in [-0.15, -0.1) is 0 Å². The van der Waals surface area contributed by atoms with Crippen LogP contribution in [0.4, 0.5) is 5.69 Å². The summed E-state index contributed by atoms with van der Waals surface area (Å²) in [5.41, 5.74) is -0.233. The van der Waals surface area contributed by atoms with Gasteiger partial charge in [0.25, 0.3) is 5.91 Å². The lowest BCUT2D eigenvalue weighted by molar-refractivity contribution is -0.139. The quantitative estimate of drug-likeness (QED) is 0.613. The molecule has 0 spiro atoms. The van der Waals surface area contributed by atoms with E-state index in [1.807, 2.05) is 20.8 Å². The first-order valence-electron chi connectivity index (χ1n) is 8.76. The summed E-state index contributed by atoms with van der Waals surface area (Å²) in [6.07, 6.45) is 2.49. The number of methoxy groups -OCH3 is 1. The maximum Gasteiger partial charge on any atom is 0.256 e. The molecule has 1 N–H and O–H groups in total. The molecule has 0 bridgehead atoms. The molecule has 5 nitrogen and oxygen atoms in total. The number of nitrogens with one attached hydrogen (secondary N) is 1. The number of unbranched alkanes of at least 4 members (excludes halogenated alkanes) is 1. The summed E-state index contributed by atoms with van der Waals surface area (Å²) in [6.45, 7) is 8.66. The molecule has 6 heteroatoms. The molecule has 1 amide bonds. The van der Waals surface area contributed by atoms with Gasteiger partial charge in [0.05, 0.1) is 11.6 Å². The van der Waals surface area contributed by atoms with Crippen LogP contribution in [0.2, 0.25) is 5.02 Å². The smallest absolute Gasteiger partial charge is 0.256 e. The molecule has 1 rings (SSSR count). The van der Waals surface area contributed by atoms with Crippen LogP contribution in [0.15, 0.2) is 18.2 Å². The van der Waals surface area contributed by atoms with E-state index in [1.54, 1.807) is 25.3 Å². The van der Waals surface area contributed by atoms with Crippen LogP contribution in [0.1, 0.15) is 47.0 Å². The number of anilines is 1. The summed E-state index contributed by atoms with van der Waals surface area (Å²) in [5, 5.41) is 3.33. The van der Waals surface area contributed by atoms with Crippen molar-refractivity contribution in [3.05, 3.63) is 23.2 Å². The molecule has 1 aromatic rings. The van der Waals surface area contributed by atoms with Gasteiger partial charge in [0.15, 0.2) is 0 Å². The second-order valence-electron chi connectivity index (χ2n) is 6.25. The van der Waals surface area contributed by atoms with Crippen LogP contribution >= 0.6 is 11.6 Å². The number of benzene rings is 1. The molecule has 2 atom stereocenters. The Morgan fingerprint density at radius 3 is 2.64 bits per heavy atom. The van der Waals surface area contributed by atoms with Crippen molar-refractivity contribution < 1.29 is 19.0 Å². The number of carbonyl (C=O) groups is 1. The highest BCUT2D eigenvalue weighted by Gasteiger charge is 2.33. The van der Waals surface area contributed by atoms with Gasteiger partial charge in [-0.3, -0.25) is 4.79 Å². The van der Waals surface area contributed by atoms with E-state index in [0.29, 0.717) is 36.1 Å². The Bertz CT molecular complexity index is 552. The predicted octanol–water partition coefficient (Wildman–Crippen LogP) is 4.68. The van der Waals surface area contributed by atoms with E-state index in [2.05, 4.69) is 12.2 Å². The van der Waals surface area contributed by atoms with Gasteiger partial charge in [-0.05, 0) is 45.4 Å². The standard InChI is InChI=1S/C19H30ClNO4/c1-6-8-11-19(4,24-7-2)18(22)21-15-9-10-17(16(20)12-15)25-14(3)13-23-5/h9-10,12,14H,6-8,11,13H2,1-5H3,(H,21,22)/t14-,19-/m1/s1. The van der Waals surface area contributed by atoms with E-state index < -0.39 is 5.60 Å². The molecule has 0 fully saturated rings. The van der Waals surface area contributed by atoms with Crippen LogP contribution in [-0.4, -0.2) is 37.9 Å². The zero-order valence-electron chi connectivity index (χ0n) is 15.9. The fourth-order valence-corrected chi connectivity index (χ4v) is 2.73. The van der Waals surface area contributed by atoms with Crippen LogP contribution in [0.25, 0.3) is 0 Å². The molecule has 0 aliphatic heterocycles. The number of hydrogen-bond donors (Lipinski definition) is 1. The van der Waals surface area contributed by atoms with Crippen molar-refractivity contribution in [1.29, 1.82) is 0 Å². The molecule has 0 unspecified atom stereocenters. The number of amides is 1. The van der Waals surface area contributed by atoms with Gasteiger partial charge in [-0.2, -0.15) is 0 Å².